The van der Waals surface area contributed by atoms with Crippen molar-refractivity contribution in [2.45, 2.75) is 72.8 Å². The van der Waals surface area contributed by atoms with Gasteiger partial charge in [-0.05, 0) is 69.7 Å². The van der Waals surface area contributed by atoms with Crippen LogP contribution < -0.4 is 4.90 Å². The number of carboxylic acid groups (broad SMARTS) is 1. The van der Waals surface area contributed by atoms with Crippen molar-refractivity contribution in [1.29, 1.82) is 5.26 Å². The maximum Gasteiger partial charge on any atom is 0.329 e. The van der Waals surface area contributed by atoms with Gasteiger partial charge in [-0.3, -0.25) is 9.59 Å². The summed E-state index contributed by atoms with van der Waals surface area (Å²) >= 11 is 0. The number of benzene rings is 1. The number of nitriles is 1. The molecule has 0 saturated heterocycles. The molecule has 1 aromatic carbocycles. The highest BCUT2D eigenvalue weighted by atomic mass is 19.1. The lowest BCUT2D eigenvalue weighted by molar-refractivity contribution is -0.131. The molecule has 1 aromatic rings. The van der Waals surface area contributed by atoms with Gasteiger partial charge in [0.25, 0.3) is 0 Å². The van der Waals surface area contributed by atoms with E-state index in [1.165, 1.54) is 34.8 Å². The molecule has 44 heavy (non-hydrogen) atoms. The van der Waals surface area contributed by atoms with Crippen LogP contribution in [0, 0.1) is 11.3 Å². The molecule has 0 bridgehead atoms. The van der Waals surface area contributed by atoms with E-state index >= 15 is 0 Å². The molecule has 2 aliphatic rings. The first-order valence-corrected chi connectivity index (χ1v) is 14.8. The van der Waals surface area contributed by atoms with Gasteiger partial charge in [-0.2, -0.15) is 5.26 Å². The first-order valence-electron chi connectivity index (χ1n) is 14.8. The Hall–Kier alpha value is -4.23. The summed E-state index contributed by atoms with van der Waals surface area (Å²) < 4.78 is 17.1. The van der Waals surface area contributed by atoms with Gasteiger partial charge in [0.15, 0.2) is 5.78 Å². The molecule has 242 valence electrons. The summed E-state index contributed by atoms with van der Waals surface area (Å²) in [6, 6.07) is 8.35. The van der Waals surface area contributed by atoms with Crippen LogP contribution in [0.1, 0.15) is 65.0 Å². The molecule has 10 heteroatoms. The van der Waals surface area contributed by atoms with Crippen molar-refractivity contribution >= 4 is 23.9 Å². The second-order valence-electron chi connectivity index (χ2n) is 9.81. The fraction of sp³-hybridized carbons (Fsp3) is 0.471. The predicted octanol–water partition coefficient (Wildman–Crippen LogP) is 6.18. The van der Waals surface area contributed by atoms with E-state index in [0.29, 0.717) is 13.0 Å². The van der Waals surface area contributed by atoms with Gasteiger partial charge in [0.05, 0.1) is 18.2 Å². The molecule has 1 fully saturated rings. The highest BCUT2D eigenvalue weighted by Crippen LogP contribution is 2.33. The first-order chi connectivity index (χ1) is 21.1. The number of ketones is 1. The summed E-state index contributed by atoms with van der Waals surface area (Å²) in [4.78, 5) is 38.3. The molecule has 1 saturated carbocycles. The lowest BCUT2D eigenvalue weighted by Gasteiger charge is -2.22. The molecule has 0 radical (unpaired) electrons. The number of methoxy groups -OCH3 is 1. The van der Waals surface area contributed by atoms with Gasteiger partial charge >= 0.3 is 5.97 Å². The van der Waals surface area contributed by atoms with Crippen molar-refractivity contribution in [2.24, 2.45) is 0 Å². The van der Waals surface area contributed by atoms with Gasteiger partial charge in [0, 0.05) is 69.1 Å². The Balaban J connectivity index is 0.000000751. The zero-order valence-electron chi connectivity index (χ0n) is 27.3. The average molecular weight is 613 g/mol. The number of fused-ring (bicyclic) bond motifs is 1. The molecular weight excluding hydrogens is 563 g/mol. The third-order valence-electron chi connectivity index (χ3n) is 6.77. The number of carbonyl (C=O) groups excluding carboxylic acids is 2. The van der Waals surface area contributed by atoms with Gasteiger partial charge in [0.1, 0.15) is 6.33 Å². The zero-order chi connectivity index (χ0) is 33.7. The number of aliphatic carboxylic acids is 1. The van der Waals surface area contributed by atoms with E-state index in [-0.39, 0.29) is 29.4 Å². The highest BCUT2D eigenvalue weighted by Gasteiger charge is 2.31. The molecule has 1 N–H and O–H groups in total. The number of Topliss-reactive ketones (excluding diaryl/α,β-unsaturated/α-hetero) is 1. The van der Waals surface area contributed by atoms with Crippen molar-refractivity contribution in [2.75, 3.05) is 38.8 Å². The average Bonchev–Trinajstić information content (AvgIpc) is 3.88. The molecule has 0 aromatic heterocycles. The number of rotatable bonds is 11. The van der Waals surface area contributed by atoms with Gasteiger partial charge in [0.2, 0.25) is 6.41 Å². The van der Waals surface area contributed by atoms with Crippen molar-refractivity contribution in [1.82, 2.24) is 9.80 Å². The summed E-state index contributed by atoms with van der Waals surface area (Å²) in [5.41, 5.74) is 4.94. The third-order valence-corrected chi connectivity index (χ3v) is 6.77. The van der Waals surface area contributed by atoms with Crippen molar-refractivity contribution < 1.29 is 28.6 Å². The Kier molecular flexibility index (Phi) is 20.2. The normalized spacial score (nSPS) is 14.1. The molecular formula is C34H49FN4O5. The molecule has 3 rings (SSSR count). The second kappa shape index (κ2) is 22.3. The molecule has 0 spiro atoms. The monoisotopic (exact) mass is 612 g/mol. The number of amides is 1. The van der Waals surface area contributed by atoms with Gasteiger partial charge in [-0.1, -0.05) is 32.6 Å². The van der Waals surface area contributed by atoms with Crippen LogP contribution in [0.5, 0.6) is 0 Å². The minimum atomic E-state index is -1.12. The van der Waals surface area contributed by atoms with E-state index in [1.54, 1.807) is 19.1 Å². The van der Waals surface area contributed by atoms with Crippen LogP contribution in [-0.2, 0) is 32.0 Å². The molecule has 1 aliphatic carbocycles. The minimum Gasteiger partial charge on any atom is -0.478 e. The van der Waals surface area contributed by atoms with Crippen LogP contribution in [-0.4, -0.2) is 73.0 Å². The van der Waals surface area contributed by atoms with Crippen LogP contribution in [0.25, 0.3) is 0 Å². The van der Waals surface area contributed by atoms with Gasteiger partial charge in [-0.25, -0.2) is 9.18 Å². The lowest BCUT2D eigenvalue weighted by atomic mass is 10.0. The number of hydrogen-bond donors (Lipinski definition) is 1. The van der Waals surface area contributed by atoms with Crippen LogP contribution >= 0.6 is 0 Å². The molecule has 0 atom stereocenters. The number of halogens is 1. The third kappa shape index (κ3) is 13.8. The zero-order valence-corrected chi connectivity index (χ0v) is 27.3. The number of hydrogen-bond acceptors (Lipinski definition) is 7. The molecule has 1 heterocycles. The lowest BCUT2D eigenvalue weighted by Crippen LogP contribution is -2.24. The fourth-order valence-corrected chi connectivity index (χ4v) is 4.19. The Labute approximate surface area is 262 Å². The second-order valence-corrected chi connectivity index (χ2v) is 9.81. The topological polar surface area (TPSA) is 114 Å². The van der Waals surface area contributed by atoms with Gasteiger partial charge in [-0.15, -0.1) is 0 Å². The molecule has 1 amide bonds. The first kappa shape index (κ1) is 39.8. The van der Waals surface area contributed by atoms with Gasteiger partial charge < -0.3 is 24.5 Å². The number of anilines is 1. The van der Waals surface area contributed by atoms with E-state index in [2.05, 4.69) is 54.3 Å². The van der Waals surface area contributed by atoms with Crippen LogP contribution in [0.2, 0.25) is 0 Å². The van der Waals surface area contributed by atoms with E-state index in [0.717, 1.165) is 56.9 Å². The van der Waals surface area contributed by atoms with Crippen LogP contribution in [0.3, 0.4) is 0 Å². The Morgan fingerprint density at radius 3 is 2.23 bits per heavy atom. The predicted molar refractivity (Wildman–Crippen MR) is 173 cm³/mol. The fourth-order valence-electron chi connectivity index (χ4n) is 4.19. The Bertz CT molecular complexity index is 1210. The maximum atomic E-state index is 12.8. The standard InChI is InChI=1S/C18H23N3O.C12H14FNO3.C2H6O.C2H6/c1-3-15(2)20-11-7-16-5-6-18(13-17(16)8-12-20)21(14-22)10-4-9-19;1-8(9(2)15)11(7-13)14(10-3-4-10)6-5-12(16)17;1-3-2;1-2/h3,5-6,13-14H,4,7-8,10-12H2,1-2H3;5-7,10H,1,3-4H2,2H3,(H,16,17);1-2H3;1-2H3/b15-3+;6-5+,11-7-;;. The highest BCUT2D eigenvalue weighted by molar-refractivity contribution is 5.96. The quantitative estimate of drug-likeness (QED) is 0.179. The van der Waals surface area contributed by atoms with Crippen LogP contribution in [0.4, 0.5) is 10.1 Å². The summed E-state index contributed by atoms with van der Waals surface area (Å²) in [6.07, 6.45) is 9.47. The number of ether oxygens (including phenoxy) is 1. The van der Waals surface area contributed by atoms with E-state index in [4.69, 9.17) is 10.4 Å². The molecule has 1 aliphatic heterocycles. The summed E-state index contributed by atoms with van der Waals surface area (Å²) in [5.74, 6) is -1.47. The Morgan fingerprint density at radius 1 is 1.18 bits per heavy atom. The largest absolute Gasteiger partial charge is 0.478 e. The van der Waals surface area contributed by atoms with Crippen LogP contribution in [0.15, 0.2) is 66.4 Å². The minimum absolute atomic E-state index is 0.0255. The summed E-state index contributed by atoms with van der Waals surface area (Å²) in [5, 5.41) is 17.2. The van der Waals surface area contributed by atoms with E-state index in [9.17, 15) is 18.8 Å². The summed E-state index contributed by atoms with van der Waals surface area (Å²) in [6.45, 7) is 15.5. The number of carboxylic acids is 1. The number of nitrogens with zero attached hydrogens (tertiary/aromatic N) is 4. The van der Waals surface area contributed by atoms with Crippen molar-refractivity contribution in [3.8, 4) is 6.07 Å². The van der Waals surface area contributed by atoms with E-state index < -0.39 is 5.97 Å². The SMILES string of the molecule is C/C=C(\C)N1CCc2ccc(N(C=O)CCC#N)cc2CC1.C=C(C(C)=O)/C(=C/F)N(/C=C/C(=O)O)C1CC1.CC.COC. The number of allylic oxidation sites excluding steroid dienone is 3. The smallest absolute Gasteiger partial charge is 0.329 e. The Morgan fingerprint density at radius 2 is 1.77 bits per heavy atom. The summed E-state index contributed by atoms with van der Waals surface area (Å²) in [7, 11) is 3.25. The van der Waals surface area contributed by atoms with E-state index in [1.807, 2.05) is 19.9 Å². The molecule has 9 nitrogen and oxygen atoms in total. The van der Waals surface area contributed by atoms with Crippen molar-refractivity contribution in [3.05, 3.63) is 77.6 Å². The number of carbonyl (C=O) groups is 3. The molecule has 0 unspecified atom stereocenters. The van der Waals surface area contributed by atoms with Crippen molar-refractivity contribution in [3.63, 3.8) is 0 Å². The maximum absolute atomic E-state index is 12.8.